The topological polar surface area (TPSA) is 81.8 Å². The molecule has 2 aliphatic heterocycles. The Morgan fingerprint density at radius 2 is 1.50 bits per heavy atom. The van der Waals surface area contributed by atoms with E-state index in [9.17, 15) is 14.4 Å². The van der Waals surface area contributed by atoms with Crippen LogP contribution in [-0.2, 0) is 16.0 Å². The summed E-state index contributed by atoms with van der Waals surface area (Å²) in [4.78, 5) is 38.8. The molecule has 2 N–H and O–H groups in total. The number of urea groups is 1. The summed E-state index contributed by atoms with van der Waals surface area (Å²) in [6.45, 7) is 2.23. The van der Waals surface area contributed by atoms with Gasteiger partial charge in [-0.1, -0.05) is 63.3 Å². The Morgan fingerprint density at radius 1 is 0.900 bits per heavy atom. The van der Waals surface area contributed by atoms with Gasteiger partial charge < -0.3 is 5.43 Å². The summed E-state index contributed by atoms with van der Waals surface area (Å²) < 4.78 is 0. The Hall–Kier alpha value is -2.67. The van der Waals surface area contributed by atoms with Crippen molar-refractivity contribution in [2.24, 2.45) is 0 Å². The molecular weight excluding hydrogens is 380 g/mol. The number of barbiturate groups is 1. The van der Waals surface area contributed by atoms with Crippen LogP contribution >= 0.6 is 0 Å². The van der Waals surface area contributed by atoms with Gasteiger partial charge in [0.1, 0.15) is 5.57 Å². The minimum absolute atomic E-state index is 0.0225. The molecule has 0 spiro atoms. The summed E-state index contributed by atoms with van der Waals surface area (Å²) in [6, 6.07) is 7.87. The van der Waals surface area contributed by atoms with Gasteiger partial charge in [-0.3, -0.25) is 19.4 Å². The lowest BCUT2D eigenvalue weighted by Crippen LogP contribution is -2.53. The van der Waals surface area contributed by atoms with Gasteiger partial charge in [-0.05, 0) is 24.0 Å². The first-order valence-corrected chi connectivity index (χ1v) is 10.9. The van der Waals surface area contributed by atoms with Crippen molar-refractivity contribution in [1.29, 1.82) is 0 Å². The lowest BCUT2D eigenvalue weighted by Gasteiger charge is -2.29. The number of hydrogen-bond donors (Lipinski definition) is 2. The van der Waals surface area contributed by atoms with E-state index in [0.29, 0.717) is 12.1 Å². The zero-order valence-electron chi connectivity index (χ0n) is 18.2. The molecule has 2 aliphatic rings. The molecule has 162 valence electrons. The molecule has 4 amide bonds. The highest BCUT2D eigenvalue weighted by molar-refractivity contribution is 6.28. The van der Waals surface area contributed by atoms with Crippen LogP contribution in [0, 0.1) is 0 Å². The molecule has 1 unspecified atom stereocenters. The Bertz CT molecular complexity index is 805. The number of hydrazine groups is 1. The summed E-state index contributed by atoms with van der Waals surface area (Å²) in [5, 5.41) is 0. The SMILES string of the molecule is CCCCCCCCc1ccc(C2CC(=C3C(=O)N(C)C(=O)N(C)C3=O)NN2)cc1. The van der Waals surface area contributed by atoms with Crippen molar-refractivity contribution in [3.05, 3.63) is 46.7 Å². The molecule has 0 saturated carbocycles. The number of likely N-dealkylation sites (N-methyl/N-ethyl adjacent to an activating group) is 2. The number of benzene rings is 1. The van der Waals surface area contributed by atoms with Crippen LogP contribution in [0.5, 0.6) is 0 Å². The van der Waals surface area contributed by atoms with Crippen LogP contribution < -0.4 is 10.9 Å². The molecule has 2 fully saturated rings. The van der Waals surface area contributed by atoms with Crippen LogP contribution in [0.25, 0.3) is 0 Å². The maximum atomic E-state index is 12.5. The molecule has 2 saturated heterocycles. The van der Waals surface area contributed by atoms with Gasteiger partial charge in [0, 0.05) is 26.2 Å². The summed E-state index contributed by atoms with van der Waals surface area (Å²) in [6.07, 6.45) is 9.32. The fraction of sp³-hybridized carbons (Fsp3) is 0.522. The number of hydrogen-bond acceptors (Lipinski definition) is 5. The molecule has 2 heterocycles. The summed E-state index contributed by atoms with van der Waals surface area (Å²) in [7, 11) is 2.77. The van der Waals surface area contributed by atoms with Gasteiger partial charge in [0.2, 0.25) is 0 Å². The number of rotatable bonds is 8. The first kappa shape index (κ1) is 22.0. The van der Waals surface area contributed by atoms with E-state index >= 15 is 0 Å². The Balaban J connectivity index is 1.60. The third kappa shape index (κ3) is 4.73. The van der Waals surface area contributed by atoms with Gasteiger partial charge in [-0.15, -0.1) is 0 Å². The van der Waals surface area contributed by atoms with Gasteiger partial charge >= 0.3 is 6.03 Å². The van der Waals surface area contributed by atoms with E-state index in [-0.39, 0.29) is 11.6 Å². The van der Waals surface area contributed by atoms with Crippen molar-refractivity contribution >= 4 is 17.8 Å². The second kappa shape index (κ2) is 9.89. The molecule has 1 aromatic rings. The van der Waals surface area contributed by atoms with Gasteiger partial charge in [-0.25, -0.2) is 10.2 Å². The van der Waals surface area contributed by atoms with Crippen molar-refractivity contribution in [3.63, 3.8) is 0 Å². The van der Waals surface area contributed by atoms with Crippen molar-refractivity contribution in [3.8, 4) is 0 Å². The number of nitrogens with one attached hydrogen (secondary N) is 2. The lowest BCUT2D eigenvalue weighted by molar-refractivity contribution is -0.134. The maximum absolute atomic E-state index is 12.5. The second-order valence-corrected chi connectivity index (χ2v) is 8.15. The van der Waals surface area contributed by atoms with E-state index in [4.69, 9.17) is 0 Å². The number of carbonyl (C=O) groups is 3. The predicted octanol–water partition coefficient (Wildman–Crippen LogP) is 3.43. The van der Waals surface area contributed by atoms with Crippen LogP contribution in [0.1, 0.15) is 69.0 Å². The highest BCUT2D eigenvalue weighted by Crippen LogP contribution is 2.29. The molecule has 3 rings (SSSR count). The van der Waals surface area contributed by atoms with E-state index in [1.807, 2.05) is 0 Å². The molecule has 0 bridgehead atoms. The van der Waals surface area contributed by atoms with Crippen molar-refractivity contribution < 1.29 is 14.4 Å². The first-order valence-electron chi connectivity index (χ1n) is 10.9. The average Bonchev–Trinajstić information content (AvgIpc) is 3.23. The Labute approximate surface area is 178 Å². The third-order valence-corrected chi connectivity index (χ3v) is 5.92. The smallest absolute Gasteiger partial charge is 0.324 e. The van der Waals surface area contributed by atoms with Crippen molar-refractivity contribution in [1.82, 2.24) is 20.7 Å². The molecule has 7 nitrogen and oxygen atoms in total. The highest BCUT2D eigenvalue weighted by Gasteiger charge is 2.41. The van der Waals surface area contributed by atoms with Crippen LogP contribution in [0.3, 0.4) is 0 Å². The highest BCUT2D eigenvalue weighted by atomic mass is 16.2. The van der Waals surface area contributed by atoms with Crippen LogP contribution in [0.15, 0.2) is 35.5 Å². The summed E-state index contributed by atoms with van der Waals surface area (Å²) in [5.41, 5.74) is 9.12. The van der Waals surface area contributed by atoms with Crippen molar-refractivity contribution in [2.75, 3.05) is 14.1 Å². The number of amides is 4. The van der Waals surface area contributed by atoms with Crippen molar-refractivity contribution in [2.45, 2.75) is 64.3 Å². The van der Waals surface area contributed by atoms with Gasteiger partial charge in [-0.2, -0.15) is 0 Å². The standard InChI is InChI=1S/C23H32N4O3/c1-4-5-6-7-8-9-10-16-11-13-17(14-12-16)18-15-19(25-24-18)20-21(28)26(2)23(30)27(3)22(20)29/h11-14,18,24-25H,4-10,15H2,1-3H3. The molecule has 0 aliphatic carbocycles. The molecule has 0 aromatic heterocycles. The van der Waals surface area contributed by atoms with E-state index in [1.54, 1.807) is 0 Å². The quantitative estimate of drug-likeness (QED) is 0.388. The van der Waals surface area contributed by atoms with E-state index in [1.165, 1.54) is 58.2 Å². The number of imide groups is 2. The molecule has 1 atom stereocenters. The summed E-state index contributed by atoms with van der Waals surface area (Å²) >= 11 is 0. The lowest BCUT2D eigenvalue weighted by atomic mass is 9.98. The molecule has 7 heteroatoms. The maximum Gasteiger partial charge on any atom is 0.333 e. The van der Waals surface area contributed by atoms with Crippen LogP contribution in [0.2, 0.25) is 0 Å². The monoisotopic (exact) mass is 412 g/mol. The van der Waals surface area contributed by atoms with Gasteiger partial charge in [0.25, 0.3) is 11.8 Å². The number of aryl methyl sites for hydroxylation is 1. The largest absolute Gasteiger partial charge is 0.333 e. The second-order valence-electron chi connectivity index (χ2n) is 8.15. The molecular formula is C23H32N4O3. The third-order valence-electron chi connectivity index (χ3n) is 5.92. The normalized spacial score (nSPS) is 19.7. The minimum atomic E-state index is -0.613. The number of unbranched alkanes of at least 4 members (excludes halogenated alkanes) is 5. The average molecular weight is 413 g/mol. The molecule has 30 heavy (non-hydrogen) atoms. The minimum Gasteiger partial charge on any atom is -0.324 e. The van der Waals surface area contributed by atoms with E-state index in [0.717, 1.165) is 21.8 Å². The van der Waals surface area contributed by atoms with E-state index in [2.05, 4.69) is 42.0 Å². The Morgan fingerprint density at radius 3 is 2.13 bits per heavy atom. The predicted molar refractivity (Wildman–Crippen MR) is 115 cm³/mol. The molecule has 1 aromatic carbocycles. The number of nitrogens with zero attached hydrogens (tertiary/aromatic N) is 2. The molecule has 0 radical (unpaired) electrons. The fourth-order valence-corrected chi connectivity index (χ4v) is 3.96. The van der Waals surface area contributed by atoms with Gasteiger partial charge in [0.15, 0.2) is 0 Å². The number of carbonyl (C=O) groups excluding carboxylic acids is 3. The first-order chi connectivity index (χ1) is 14.4. The van der Waals surface area contributed by atoms with E-state index < -0.39 is 17.8 Å². The zero-order valence-corrected chi connectivity index (χ0v) is 18.2. The zero-order chi connectivity index (χ0) is 21.7. The fourth-order valence-electron chi connectivity index (χ4n) is 3.96. The summed E-state index contributed by atoms with van der Waals surface area (Å²) in [5.74, 6) is -1.13. The Kier molecular flexibility index (Phi) is 7.26. The van der Waals surface area contributed by atoms with Gasteiger partial charge in [0.05, 0.1) is 6.04 Å². The van der Waals surface area contributed by atoms with Crippen LogP contribution in [-0.4, -0.2) is 41.7 Å². The van der Waals surface area contributed by atoms with Crippen LogP contribution in [0.4, 0.5) is 4.79 Å².